The number of fused-ring (bicyclic) bond motifs is 1. The first-order chi connectivity index (χ1) is 12.0. The summed E-state index contributed by atoms with van der Waals surface area (Å²) in [5, 5.41) is 0. The third-order valence-corrected chi connectivity index (χ3v) is 5.06. The third-order valence-electron chi connectivity index (χ3n) is 5.06. The smallest absolute Gasteiger partial charge is 0.00819 e. The van der Waals surface area contributed by atoms with E-state index in [2.05, 4.69) is 63.8 Å². The number of allylic oxidation sites excluding steroid dienone is 7. The van der Waals surface area contributed by atoms with Crippen LogP contribution in [0.1, 0.15) is 70.1 Å². The van der Waals surface area contributed by atoms with Gasteiger partial charge in [0.15, 0.2) is 0 Å². The third kappa shape index (κ3) is 4.84. The van der Waals surface area contributed by atoms with Gasteiger partial charge >= 0.3 is 0 Å². The SMILES string of the molecule is C=C1C(C2=CC=C(CCC(C)C)CC2)=CCc2cc(C)ccc21.CC. The Morgan fingerprint density at radius 1 is 1.08 bits per heavy atom. The summed E-state index contributed by atoms with van der Waals surface area (Å²) in [7, 11) is 0. The molecule has 0 nitrogen and oxygen atoms in total. The van der Waals surface area contributed by atoms with Crippen molar-refractivity contribution in [3.05, 3.63) is 76.4 Å². The van der Waals surface area contributed by atoms with Crippen molar-refractivity contribution >= 4 is 5.57 Å². The highest BCUT2D eigenvalue weighted by molar-refractivity contribution is 5.85. The lowest BCUT2D eigenvalue weighted by Gasteiger charge is -2.24. The average molecular weight is 335 g/mol. The lowest BCUT2D eigenvalue weighted by Crippen LogP contribution is -2.06. The van der Waals surface area contributed by atoms with Crippen molar-refractivity contribution in [2.45, 2.75) is 66.7 Å². The average Bonchev–Trinajstić information content (AvgIpc) is 2.62. The molecule has 3 rings (SSSR count). The Labute approximate surface area is 155 Å². The molecule has 25 heavy (non-hydrogen) atoms. The lowest BCUT2D eigenvalue weighted by molar-refractivity contribution is 0.576. The van der Waals surface area contributed by atoms with Gasteiger partial charge in [-0.2, -0.15) is 0 Å². The Morgan fingerprint density at radius 3 is 2.48 bits per heavy atom. The summed E-state index contributed by atoms with van der Waals surface area (Å²) < 4.78 is 0. The number of hydrogen-bond acceptors (Lipinski definition) is 0. The van der Waals surface area contributed by atoms with Crippen molar-refractivity contribution in [1.29, 1.82) is 0 Å². The highest BCUT2D eigenvalue weighted by Crippen LogP contribution is 2.38. The molecule has 0 bridgehead atoms. The lowest BCUT2D eigenvalue weighted by atomic mass is 9.80. The zero-order valence-electron chi connectivity index (χ0n) is 16.8. The molecule has 0 fully saturated rings. The van der Waals surface area contributed by atoms with Crippen molar-refractivity contribution in [2.75, 3.05) is 0 Å². The van der Waals surface area contributed by atoms with Gasteiger partial charge in [0.05, 0.1) is 0 Å². The van der Waals surface area contributed by atoms with Gasteiger partial charge in [-0.15, -0.1) is 0 Å². The summed E-state index contributed by atoms with van der Waals surface area (Å²) in [5.41, 5.74) is 9.75. The van der Waals surface area contributed by atoms with E-state index in [1.54, 1.807) is 5.57 Å². The number of benzene rings is 1. The zero-order chi connectivity index (χ0) is 18.4. The van der Waals surface area contributed by atoms with Crippen molar-refractivity contribution < 1.29 is 0 Å². The fourth-order valence-corrected chi connectivity index (χ4v) is 3.58. The fourth-order valence-electron chi connectivity index (χ4n) is 3.58. The van der Waals surface area contributed by atoms with Crippen molar-refractivity contribution in [2.24, 2.45) is 5.92 Å². The van der Waals surface area contributed by atoms with E-state index < -0.39 is 0 Å². The molecular formula is C25H34. The minimum atomic E-state index is 0.794. The molecule has 1 aromatic rings. The summed E-state index contributed by atoms with van der Waals surface area (Å²) in [6, 6.07) is 6.74. The van der Waals surface area contributed by atoms with Crippen molar-refractivity contribution in [3.8, 4) is 0 Å². The molecule has 0 aromatic heterocycles. The molecule has 0 N–H and O–H groups in total. The van der Waals surface area contributed by atoms with Gasteiger partial charge in [0.1, 0.15) is 0 Å². The summed E-state index contributed by atoms with van der Waals surface area (Å²) >= 11 is 0. The first kappa shape index (κ1) is 19.5. The number of rotatable bonds is 4. The molecule has 0 amide bonds. The standard InChI is InChI=1S/C23H28.C2H6/c1-16(2)5-7-19-8-10-20(11-9-19)22-14-12-21-15-17(3)6-13-23(21)18(22)4;1-2/h6,8,10,13-16H,4-5,7,9,11-12H2,1-3H3;1-2H3. The van der Waals surface area contributed by atoms with E-state index in [1.165, 1.54) is 52.7 Å². The summed E-state index contributed by atoms with van der Waals surface area (Å²) in [6.45, 7) is 15.2. The molecule has 0 heterocycles. The minimum absolute atomic E-state index is 0.794. The predicted octanol–water partition coefficient (Wildman–Crippen LogP) is 7.60. The highest BCUT2D eigenvalue weighted by Gasteiger charge is 2.19. The van der Waals surface area contributed by atoms with E-state index in [0.29, 0.717) is 0 Å². The normalized spacial score (nSPS) is 16.4. The fraction of sp³-hybridized carbons (Fsp3) is 0.440. The van der Waals surface area contributed by atoms with Gasteiger partial charge in [-0.1, -0.05) is 81.8 Å². The molecule has 0 saturated heterocycles. The van der Waals surface area contributed by atoms with Crippen LogP contribution in [0.2, 0.25) is 0 Å². The van der Waals surface area contributed by atoms with Crippen LogP contribution in [0, 0.1) is 12.8 Å². The first-order valence-electron chi connectivity index (χ1n) is 9.93. The molecule has 2 aliphatic rings. The van der Waals surface area contributed by atoms with Crippen LogP contribution >= 0.6 is 0 Å². The molecule has 0 atom stereocenters. The van der Waals surface area contributed by atoms with Crippen LogP contribution in [-0.2, 0) is 6.42 Å². The maximum Gasteiger partial charge on any atom is -0.00819 e. The molecule has 1 aromatic carbocycles. The van der Waals surface area contributed by atoms with Crippen LogP contribution < -0.4 is 0 Å². The van der Waals surface area contributed by atoms with Crippen LogP contribution in [0.4, 0.5) is 0 Å². The largest absolute Gasteiger partial charge is 0.0905 e. The van der Waals surface area contributed by atoms with Crippen molar-refractivity contribution in [3.63, 3.8) is 0 Å². The van der Waals surface area contributed by atoms with Gasteiger partial charge in [-0.25, -0.2) is 0 Å². The molecular weight excluding hydrogens is 300 g/mol. The Kier molecular flexibility index (Phi) is 7.05. The molecule has 0 aliphatic heterocycles. The molecule has 0 radical (unpaired) electrons. The van der Waals surface area contributed by atoms with E-state index in [1.807, 2.05) is 13.8 Å². The van der Waals surface area contributed by atoms with E-state index >= 15 is 0 Å². The van der Waals surface area contributed by atoms with Crippen LogP contribution in [-0.4, -0.2) is 0 Å². The summed E-state index contributed by atoms with van der Waals surface area (Å²) in [5.74, 6) is 0.794. The quantitative estimate of drug-likeness (QED) is 0.531. The predicted molar refractivity (Wildman–Crippen MR) is 113 cm³/mol. The van der Waals surface area contributed by atoms with Crippen LogP contribution in [0.3, 0.4) is 0 Å². The van der Waals surface area contributed by atoms with E-state index in [0.717, 1.165) is 18.8 Å². The van der Waals surface area contributed by atoms with Gasteiger partial charge < -0.3 is 0 Å². The molecule has 0 unspecified atom stereocenters. The van der Waals surface area contributed by atoms with Crippen LogP contribution in [0.15, 0.2) is 59.7 Å². The highest BCUT2D eigenvalue weighted by atomic mass is 14.2. The number of aryl methyl sites for hydroxylation is 1. The second kappa shape index (κ2) is 9.04. The molecule has 134 valence electrons. The second-order valence-electron chi connectivity index (χ2n) is 7.41. The monoisotopic (exact) mass is 334 g/mol. The Balaban J connectivity index is 0.00000109. The first-order valence-corrected chi connectivity index (χ1v) is 9.93. The Morgan fingerprint density at radius 2 is 1.84 bits per heavy atom. The van der Waals surface area contributed by atoms with Gasteiger partial charge in [0.25, 0.3) is 0 Å². The van der Waals surface area contributed by atoms with Gasteiger partial charge in [0.2, 0.25) is 0 Å². The van der Waals surface area contributed by atoms with Gasteiger partial charge in [0, 0.05) is 0 Å². The molecule has 0 spiro atoms. The molecule has 0 saturated carbocycles. The maximum absolute atomic E-state index is 4.39. The number of hydrogen-bond donors (Lipinski definition) is 0. The topological polar surface area (TPSA) is 0 Å². The Hall–Kier alpha value is -1.82. The zero-order valence-corrected chi connectivity index (χ0v) is 16.8. The van der Waals surface area contributed by atoms with E-state index in [-0.39, 0.29) is 0 Å². The van der Waals surface area contributed by atoms with Gasteiger partial charge in [-0.05, 0) is 72.8 Å². The second-order valence-corrected chi connectivity index (χ2v) is 7.41. The summed E-state index contributed by atoms with van der Waals surface area (Å²) in [6.07, 6.45) is 13.0. The van der Waals surface area contributed by atoms with E-state index in [4.69, 9.17) is 0 Å². The van der Waals surface area contributed by atoms with Crippen LogP contribution in [0.25, 0.3) is 5.57 Å². The summed E-state index contributed by atoms with van der Waals surface area (Å²) in [4.78, 5) is 0. The molecule has 2 aliphatic carbocycles. The maximum atomic E-state index is 4.39. The van der Waals surface area contributed by atoms with Crippen molar-refractivity contribution in [1.82, 2.24) is 0 Å². The minimum Gasteiger partial charge on any atom is -0.0905 e. The Bertz CT molecular complexity index is 708. The van der Waals surface area contributed by atoms with E-state index in [9.17, 15) is 0 Å². The van der Waals surface area contributed by atoms with Gasteiger partial charge in [-0.3, -0.25) is 0 Å². The van der Waals surface area contributed by atoms with Crippen LogP contribution in [0.5, 0.6) is 0 Å². The molecule has 0 heteroatoms.